The quantitative estimate of drug-likeness (QED) is 0.129. The number of rotatable bonds is 14. The molecule has 0 aliphatic carbocycles. The number of hydrogen-bond donors (Lipinski definition) is 2. The summed E-state index contributed by atoms with van der Waals surface area (Å²) in [6.45, 7) is 1.77. The molecule has 0 saturated carbocycles. The summed E-state index contributed by atoms with van der Waals surface area (Å²) in [5, 5.41) is 5.66. The fourth-order valence-corrected chi connectivity index (χ4v) is 6.94. The molecule has 5 aromatic carbocycles. The Balaban J connectivity index is 0.000000799. The van der Waals surface area contributed by atoms with Gasteiger partial charge < -0.3 is 29.9 Å². The van der Waals surface area contributed by atoms with E-state index >= 15 is 0 Å². The predicted octanol–water partition coefficient (Wildman–Crippen LogP) is 6.06. The van der Waals surface area contributed by atoms with Crippen LogP contribution in [0.3, 0.4) is 0 Å². The van der Waals surface area contributed by atoms with Crippen molar-refractivity contribution in [3.05, 3.63) is 145 Å². The first kappa shape index (κ1) is 41.7. The van der Waals surface area contributed by atoms with Gasteiger partial charge in [0.05, 0.1) is 44.3 Å². The Kier molecular flexibility index (Phi) is 15.0. The number of benzene rings is 5. The van der Waals surface area contributed by atoms with Gasteiger partial charge in [-0.3, -0.25) is 27.8 Å². The Hall–Kier alpha value is -6.47. The molecule has 296 valence electrons. The lowest BCUT2D eigenvalue weighted by molar-refractivity contribution is -0.126. The summed E-state index contributed by atoms with van der Waals surface area (Å²) in [6, 6.07) is 40.5. The van der Waals surface area contributed by atoms with Crippen molar-refractivity contribution in [3.63, 3.8) is 0 Å². The first-order chi connectivity index (χ1) is 27.6. The normalized spacial score (nSPS) is 11.9. The van der Waals surface area contributed by atoms with Gasteiger partial charge in [0.25, 0.3) is 0 Å². The van der Waals surface area contributed by atoms with Crippen molar-refractivity contribution in [2.24, 2.45) is 0 Å². The van der Waals surface area contributed by atoms with E-state index in [2.05, 4.69) is 29.7 Å². The van der Waals surface area contributed by atoms with E-state index in [1.807, 2.05) is 72.8 Å². The summed E-state index contributed by atoms with van der Waals surface area (Å²) in [7, 11) is 6.46. The van der Waals surface area contributed by atoms with E-state index in [9.17, 15) is 19.2 Å². The highest BCUT2D eigenvalue weighted by Gasteiger charge is 2.32. The van der Waals surface area contributed by atoms with Gasteiger partial charge in [0, 0.05) is 31.9 Å². The maximum absolute atomic E-state index is 13.8. The lowest BCUT2D eigenvalue weighted by Crippen LogP contribution is -2.50. The number of para-hydroxylation sites is 2. The monoisotopic (exact) mass is 788 g/mol. The van der Waals surface area contributed by atoms with E-state index in [1.54, 1.807) is 85.5 Å². The van der Waals surface area contributed by atoms with E-state index in [0.717, 1.165) is 16.9 Å². The van der Waals surface area contributed by atoms with Gasteiger partial charge in [0.15, 0.2) is 0 Å². The molecule has 6 rings (SSSR count). The van der Waals surface area contributed by atoms with Crippen LogP contribution in [-0.2, 0) is 25.6 Å². The fourth-order valence-electron chi connectivity index (χ4n) is 5.87. The van der Waals surface area contributed by atoms with Gasteiger partial charge in [-0.15, -0.1) is 0 Å². The van der Waals surface area contributed by atoms with Crippen molar-refractivity contribution in [3.8, 4) is 11.5 Å². The Labute approximate surface area is 338 Å². The lowest BCUT2D eigenvalue weighted by Gasteiger charge is -2.26. The summed E-state index contributed by atoms with van der Waals surface area (Å²) in [5.41, 5.74) is 5.05. The summed E-state index contributed by atoms with van der Waals surface area (Å²) >= 11 is 1.21. The molecule has 1 heterocycles. The number of carbonyl (C=O) groups excluding carboxylic acids is 4. The Morgan fingerprint density at radius 1 is 0.632 bits per heavy atom. The van der Waals surface area contributed by atoms with Crippen molar-refractivity contribution in [2.45, 2.75) is 19.4 Å². The van der Waals surface area contributed by atoms with Crippen LogP contribution in [0.15, 0.2) is 133 Å². The minimum Gasteiger partial charge on any atom is -0.497 e. The molecular weight excluding hydrogens is 741 g/mol. The van der Waals surface area contributed by atoms with Gasteiger partial charge in [-0.1, -0.05) is 78.4 Å². The third-order valence-corrected chi connectivity index (χ3v) is 10.2. The van der Waals surface area contributed by atoms with Crippen LogP contribution < -0.4 is 38.5 Å². The van der Waals surface area contributed by atoms with Crippen LogP contribution in [0.25, 0.3) is 0 Å². The summed E-state index contributed by atoms with van der Waals surface area (Å²) in [5.74, 6) is 0.0781. The first-order valence-electron chi connectivity index (χ1n) is 18.3. The van der Waals surface area contributed by atoms with Gasteiger partial charge in [-0.2, -0.15) is 0 Å². The summed E-state index contributed by atoms with van der Waals surface area (Å²) < 4.78 is 14.0. The largest absolute Gasteiger partial charge is 0.497 e. The summed E-state index contributed by atoms with van der Waals surface area (Å²) in [4.78, 5) is 56.1. The van der Waals surface area contributed by atoms with Crippen LogP contribution in [0.4, 0.5) is 22.7 Å². The number of fused-ring (bicyclic) bond motifs is 1. The molecule has 1 atom stereocenters. The average Bonchev–Trinajstić information content (AvgIpc) is 3.58. The standard InChI is InChI=1S/C37H40N6O6S.C7H8/c1-40(27-14-18-29(48-3)19-15-27)36(46)23-38-34(44)24-42-32-12-8-9-13-33(32)43(50-42)25-35(45)39-31(22-26-10-6-5-7-11-26)37(47)41(2)28-16-20-30(49-4)21-17-28;1-7-5-3-2-4-6-7/h5-21,31H,22-25H2,1-4H3,(H,38,44)(H,39,45);2-6H,1H3. The van der Waals surface area contributed by atoms with E-state index in [-0.39, 0.29) is 43.3 Å². The smallest absolute Gasteiger partial charge is 0.249 e. The predicted molar refractivity (Wildman–Crippen MR) is 228 cm³/mol. The zero-order chi connectivity index (χ0) is 40.7. The van der Waals surface area contributed by atoms with E-state index in [1.165, 1.54) is 27.5 Å². The van der Waals surface area contributed by atoms with Crippen molar-refractivity contribution in [1.82, 2.24) is 10.6 Å². The molecule has 5 aromatic rings. The molecule has 13 heteroatoms. The molecule has 57 heavy (non-hydrogen) atoms. The minimum atomic E-state index is -0.838. The average molecular weight is 789 g/mol. The maximum Gasteiger partial charge on any atom is 0.249 e. The number of nitrogens with zero attached hydrogens (tertiary/aromatic N) is 4. The number of ether oxygens (including phenoxy) is 2. The second kappa shape index (κ2) is 20.4. The number of carbonyl (C=O) groups is 4. The lowest BCUT2D eigenvalue weighted by atomic mass is 10.0. The SMILES string of the molecule is COc1ccc(N(C)C(=O)CNC(=O)CN2SN(CC(=O)NC(Cc3ccccc3)C(=O)N(C)c3ccc(OC)cc3)c3ccccc32)cc1.Cc1ccccc1. The van der Waals surface area contributed by atoms with Gasteiger partial charge in [0.1, 0.15) is 30.6 Å². The number of hydrogen-bond acceptors (Lipinski definition) is 9. The van der Waals surface area contributed by atoms with Crippen molar-refractivity contribution in [1.29, 1.82) is 0 Å². The topological polar surface area (TPSA) is 124 Å². The number of amides is 4. The molecule has 0 bridgehead atoms. The van der Waals surface area contributed by atoms with E-state index in [0.29, 0.717) is 29.3 Å². The molecule has 0 spiro atoms. The molecule has 4 amide bonds. The highest BCUT2D eigenvalue weighted by Crippen LogP contribution is 2.44. The second-order valence-electron chi connectivity index (χ2n) is 13.1. The highest BCUT2D eigenvalue weighted by atomic mass is 32.2. The van der Waals surface area contributed by atoms with Gasteiger partial charge in [-0.25, -0.2) is 0 Å². The molecule has 1 unspecified atom stereocenters. The number of anilines is 4. The number of aryl methyl sites for hydroxylation is 1. The van der Waals surface area contributed by atoms with Crippen LogP contribution in [-0.4, -0.2) is 77.6 Å². The maximum atomic E-state index is 13.8. The molecule has 1 aliphatic rings. The Morgan fingerprint density at radius 2 is 1.11 bits per heavy atom. The van der Waals surface area contributed by atoms with Gasteiger partial charge >= 0.3 is 0 Å². The van der Waals surface area contributed by atoms with Crippen LogP contribution in [0, 0.1) is 6.92 Å². The van der Waals surface area contributed by atoms with Gasteiger partial charge in [0.2, 0.25) is 23.6 Å². The van der Waals surface area contributed by atoms with Crippen LogP contribution in [0.2, 0.25) is 0 Å². The third kappa shape index (κ3) is 11.8. The molecular formula is C44H48N6O6S. The van der Waals surface area contributed by atoms with E-state index in [4.69, 9.17) is 9.47 Å². The van der Waals surface area contributed by atoms with Crippen molar-refractivity contribution < 1.29 is 28.7 Å². The zero-order valence-corrected chi connectivity index (χ0v) is 33.6. The second-order valence-corrected chi connectivity index (χ2v) is 14.2. The molecule has 0 aromatic heterocycles. The Morgan fingerprint density at radius 3 is 1.60 bits per heavy atom. The van der Waals surface area contributed by atoms with Crippen LogP contribution in [0.5, 0.6) is 11.5 Å². The van der Waals surface area contributed by atoms with E-state index < -0.39 is 6.04 Å². The molecule has 0 fully saturated rings. The number of likely N-dealkylation sites (N-methyl/N-ethyl adjacent to an activating group) is 2. The van der Waals surface area contributed by atoms with Crippen molar-refractivity contribution >= 4 is 58.5 Å². The molecule has 0 radical (unpaired) electrons. The minimum absolute atomic E-state index is 0.0545. The molecule has 12 nitrogen and oxygen atoms in total. The fraction of sp³-hybridized carbons (Fsp3) is 0.227. The number of methoxy groups -OCH3 is 2. The van der Waals surface area contributed by atoms with Crippen LogP contribution in [0.1, 0.15) is 11.1 Å². The number of nitrogens with one attached hydrogen (secondary N) is 2. The molecule has 2 N–H and O–H groups in total. The highest BCUT2D eigenvalue weighted by molar-refractivity contribution is 8.02. The van der Waals surface area contributed by atoms with Gasteiger partial charge in [-0.05, 0) is 73.2 Å². The molecule has 0 saturated heterocycles. The zero-order valence-electron chi connectivity index (χ0n) is 32.8. The summed E-state index contributed by atoms with van der Waals surface area (Å²) in [6.07, 6.45) is 0.300. The van der Waals surface area contributed by atoms with Crippen LogP contribution >= 0.6 is 12.1 Å². The Bertz CT molecular complexity index is 2090. The van der Waals surface area contributed by atoms with Crippen molar-refractivity contribution in [2.75, 3.05) is 66.4 Å². The molecule has 1 aliphatic heterocycles. The third-order valence-electron chi connectivity index (χ3n) is 9.11. The first-order valence-corrected chi connectivity index (χ1v) is 19.1.